The number of benzene rings is 1. The SMILES string of the molecule is COc1ccc(C(=O)[C@@H]2CCCN(C(=O)CSC)C2)cc1OC. The van der Waals surface area contributed by atoms with Crippen molar-refractivity contribution < 1.29 is 19.1 Å². The van der Waals surface area contributed by atoms with Crippen molar-refractivity contribution in [2.45, 2.75) is 12.8 Å². The number of likely N-dealkylation sites (tertiary alicyclic amines) is 1. The van der Waals surface area contributed by atoms with Gasteiger partial charge in [0.25, 0.3) is 0 Å². The summed E-state index contributed by atoms with van der Waals surface area (Å²) in [5, 5.41) is 0. The summed E-state index contributed by atoms with van der Waals surface area (Å²) >= 11 is 1.51. The van der Waals surface area contributed by atoms with Gasteiger partial charge in [0.1, 0.15) is 0 Å². The van der Waals surface area contributed by atoms with E-state index in [9.17, 15) is 9.59 Å². The molecule has 0 N–H and O–H groups in total. The van der Waals surface area contributed by atoms with Crippen LogP contribution >= 0.6 is 11.8 Å². The Labute approximate surface area is 141 Å². The summed E-state index contributed by atoms with van der Waals surface area (Å²) in [4.78, 5) is 26.6. The first-order valence-electron chi connectivity index (χ1n) is 7.63. The van der Waals surface area contributed by atoms with Gasteiger partial charge in [0.05, 0.1) is 20.0 Å². The highest BCUT2D eigenvalue weighted by Gasteiger charge is 2.29. The minimum absolute atomic E-state index is 0.0626. The minimum Gasteiger partial charge on any atom is -0.493 e. The van der Waals surface area contributed by atoms with Crippen LogP contribution in [0.1, 0.15) is 23.2 Å². The number of carbonyl (C=O) groups is 2. The van der Waals surface area contributed by atoms with Crippen LogP contribution in [0.2, 0.25) is 0 Å². The van der Waals surface area contributed by atoms with Gasteiger partial charge in [-0.25, -0.2) is 0 Å². The number of carbonyl (C=O) groups excluding carboxylic acids is 2. The van der Waals surface area contributed by atoms with Crippen LogP contribution in [0.15, 0.2) is 18.2 Å². The number of ether oxygens (including phenoxy) is 2. The number of amides is 1. The van der Waals surface area contributed by atoms with Crippen LogP contribution in [0.4, 0.5) is 0 Å². The number of ketones is 1. The van der Waals surface area contributed by atoms with Crippen LogP contribution in [0, 0.1) is 5.92 Å². The van der Waals surface area contributed by atoms with E-state index < -0.39 is 0 Å². The Morgan fingerprint density at radius 1 is 1.26 bits per heavy atom. The van der Waals surface area contributed by atoms with Gasteiger partial charge in [-0.1, -0.05) is 0 Å². The lowest BCUT2D eigenvalue weighted by atomic mass is 9.90. The van der Waals surface area contributed by atoms with Gasteiger partial charge in [-0.05, 0) is 37.3 Å². The third-order valence-electron chi connectivity index (χ3n) is 4.08. The first-order chi connectivity index (χ1) is 11.1. The van der Waals surface area contributed by atoms with E-state index in [4.69, 9.17) is 9.47 Å². The molecule has 1 aliphatic heterocycles. The number of Topliss-reactive ketones (excluding diaryl/α,β-unsaturated/α-hetero) is 1. The Morgan fingerprint density at radius 2 is 2.00 bits per heavy atom. The van der Waals surface area contributed by atoms with E-state index in [0.717, 1.165) is 19.4 Å². The number of methoxy groups -OCH3 is 2. The summed E-state index contributed by atoms with van der Waals surface area (Å²) < 4.78 is 10.5. The molecule has 1 heterocycles. The van der Waals surface area contributed by atoms with Gasteiger partial charge in [-0.2, -0.15) is 11.8 Å². The highest BCUT2D eigenvalue weighted by molar-refractivity contribution is 7.99. The molecule has 0 spiro atoms. The second-order valence-electron chi connectivity index (χ2n) is 5.55. The first kappa shape index (κ1) is 17.7. The monoisotopic (exact) mass is 337 g/mol. The van der Waals surface area contributed by atoms with Gasteiger partial charge in [0, 0.05) is 24.6 Å². The average Bonchev–Trinajstić information content (AvgIpc) is 2.60. The lowest BCUT2D eigenvalue weighted by molar-refractivity contribution is -0.129. The molecule has 0 unspecified atom stereocenters. The summed E-state index contributed by atoms with van der Waals surface area (Å²) in [5.74, 6) is 1.65. The molecule has 0 saturated carbocycles. The Kier molecular flexibility index (Phi) is 6.33. The van der Waals surface area contributed by atoms with E-state index in [-0.39, 0.29) is 17.6 Å². The van der Waals surface area contributed by atoms with Crippen molar-refractivity contribution in [3.63, 3.8) is 0 Å². The van der Waals surface area contributed by atoms with Crippen LogP contribution in [0.5, 0.6) is 11.5 Å². The van der Waals surface area contributed by atoms with E-state index in [1.165, 1.54) is 11.8 Å². The molecular formula is C17H23NO4S. The lowest BCUT2D eigenvalue weighted by Gasteiger charge is -2.32. The van der Waals surface area contributed by atoms with E-state index >= 15 is 0 Å². The Hall–Kier alpha value is -1.69. The molecular weight excluding hydrogens is 314 g/mol. The third kappa shape index (κ3) is 4.19. The highest BCUT2D eigenvalue weighted by atomic mass is 32.2. The summed E-state index contributed by atoms with van der Waals surface area (Å²) in [6.45, 7) is 1.25. The fourth-order valence-electron chi connectivity index (χ4n) is 2.86. The largest absolute Gasteiger partial charge is 0.493 e. The maximum absolute atomic E-state index is 12.8. The predicted molar refractivity (Wildman–Crippen MR) is 91.6 cm³/mol. The van der Waals surface area contributed by atoms with Gasteiger partial charge in [0.2, 0.25) is 5.91 Å². The van der Waals surface area contributed by atoms with Gasteiger partial charge in [0.15, 0.2) is 17.3 Å². The van der Waals surface area contributed by atoms with Crippen molar-refractivity contribution in [2.75, 3.05) is 39.3 Å². The van der Waals surface area contributed by atoms with Crippen LogP contribution < -0.4 is 9.47 Å². The molecule has 1 aromatic carbocycles. The second-order valence-corrected chi connectivity index (χ2v) is 6.41. The molecule has 0 bridgehead atoms. The number of hydrogen-bond donors (Lipinski definition) is 0. The molecule has 126 valence electrons. The molecule has 0 radical (unpaired) electrons. The van der Waals surface area contributed by atoms with Crippen LogP contribution in [-0.2, 0) is 4.79 Å². The quantitative estimate of drug-likeness (QED) is 0.747. The number of hydrogen-bond acceptors (Lipinski definition) is 5. The predicted octanol–water partition coefficient (Wildman–Crippen LogP) is 2.49. The molecule has 5 nitrogen and oxygen atoms in total. The zero-order valence-electron chi connectivity index (χ0n) is 13.8. The third-order valence-corrected chi connectivity index (χ3v) is 4.62. The number of piperidine rings is 1. The molecule has 1 atom stereocenters. The van der Waals surface area contributed by atoms with Crippen LogP contribution in [0.3, 0.4) is 0 Å². The summed E-state index contributed by atoms with van der Waals surface area (Å²) in [6, 6.07) is 5.21. The molecule has 0 aromatic heterocycles. The van der Waals surface area contributed by atoms with Gasteiger partial charge in [-0.3, -0.25) is 9.59 Å². The van der Waals surface area contributed by atoms with E-state index in [1.807, 2.05) is 11.2 Å². The second kappa shape index (κ2) is 8.24. The zero-order chi connectivity index (χ0) is 16.8. The zero-order valence-corrected chi connectivity index (χ0v) is 14.6. The lowest BCUT2D eigenvalue weighted by Crippen LogP contribution is -2.43. The van der Waals surface area contributed by atoms with Crippen molar-refractivity contribution in [1.82, 2.24) is 4.90 Å². The molecule has 1 amide bonds. The van der Waals surface area contributed by atoms with E-state index in [1.54, 1.807) is 32.4 Å². The molecule has 1 aromatic rings. The normalized spacial score (nSPS) is 17.7. The van der Waals surface area contributed by atoms with Crippen molar-refractivity contribution in [3.05, 3.63) is 23.8 Å². The summed E-state index contributed by atoms with van der Waals surface area (Å²) in [5.41, 5.74) is 0.604. The first-order valence-corrected chi connectivity index (χ1v) is 9.03. The van der Waals surface area contributed by atoms with Crippen molar-refractivity contribution in [2.24, 2.45) is 5.92 Å². The molecule has 6 heteroatoms. The van der Waals surface area contributed by atoms with Crippen molar-refractivity contribution in [3.8, 4) is 11.5 Å². The van der Waals surface area contributed by atoms with Gasteiger partial charge in [-0.15, -0.1) is 0 Å². The van der Waals surface area contributed by atoms with Crippen molar-refractivity contribution in [1.29, 1.82) is 0 Å². The molecule has 0 aliphatic carbocycles. The summed E-state index contributed by atoms with van der Waals surface area (Å²) in [6.07, 6.45) is 3.59. The van der Waals surface area contributed by atoms with E-state index in [0.29, 0.717) is 29.4 Å². The standard InChI is InChI=1S/C17H23NO4S/c1-21-14-7-6-12(9-15(14)22-2)17(20)13-5-4-8-18(10-13)16(19)11-23-3/h6-7,9,13H,4-5,8,10-11H2,1-3H3/t13-/m1/s1. The van der Waals surface area contributed by atoms with Crippen LogP contribution in [0.25, 0.3) is 0 Å². The Morgan fingerprint density at radius 3 is 2.65 bits per heavy atom. The molecule has 1 saturated heterocycles. The molecule has 2 rings (SSSR count). The topological polar surface area (TPSA) is 55.8 Å². The maximum Gasteiger partial charge on any atom is 0.232 e. The number of rotatable bonds is 6. The minimum atomic E-state index is -0.146. The van der Waals surface area contributed by atoms with Crippen LogP contribution in [-0.4, -0.2) is 55.9 Å². The summed E-state index contributed by atoms with van der Waals surface area (Å²) in [7, 11) is 3.12. The van der Waals surface area contributed by atoms with Crippen molar-refractivity contribution >= 4 is 23.5 Å². The molecule has 1 fully saturated rings. The number of nitrogens with zero attached hydrogens (tertiary/aromatic N) is 1. The maximum atomic E-state index is 12.8. The van der Waals surface area contributed by atoms with Gasteiger partial charge < -0.3 is 14.4 Å². The highest BCUT2D eigenvalue weighted by Crippen LogP contribution is 2.30. The van der Waals surface area contributed by atoms with Gasteiger partial charge >= 0.3 is 0 Å². The Bertz CT molecular complexity index is 576. The number of thioether (sulfide) groups is 1. The smallest absolute Gasteiger partial charge is 0.232 e. The molecule has 1 aliphatic rings. The fourth-order valence-corrected chi connectivity index (χ4v) is 3.29. The average molecular weight is 337 g/mol. The Balaban J connectivity index is 2.12. The molecule has 23 heavy (non-hydrogen) atoms. The fraction of sp³-hybridized carbons (Fsp3) is 0.529. The van der Waals surface area contributed by atoms with E-state index in [2.05, 4.69) is 0 Å².